The first-order valence-corrected chi connectivity index (χ1v) is 8.10. The Balaban J connectivity index is 2.81. The highest BCUT2D eigenvalue weighted by molar-refractivity contribution is 7.91. The van der Waals surface area contributed by atoms with E-state index >= 15 is 0 Å². The van der Waals surface area contributed by atoms with Crippen LogP contribution in [0, 0.1) is 11.3 Å². The quantitative estimate of drug-likeness (QED) is 0.852. The molecule has 0 unspecified atom stereocenters. The molecule has 0 aliphatic rings. The van der Waals surface area contributed by atoms with Crippen molar-refractivity contribution in [2.45, 2.75) is 43.5 Å². The maximum absolute atomic E-state index is 12.0. The molecule has 0 saturated heterocycles. The van der Waals surface area contributed by atoms with Crippen LogP contribution in [-0.2, 0) is 19.6 Å². The smallest absolute Gasteiger partial charge is 0.324 e. The molecule has 0 aromatic carbocycles. The first-order valence-electron chi connectivity index (χ1n) is 5.80. The van der Waals surface area contributed by atoms with Gasteiger partial charge in [0.1, 0.15) is 26.8 Å². The molecule has 0 saturated carbocycles. The van der Waals surface area contributed by atoms with E-state index in [1.807, 2.05) is 6.07 Å². The molecule has 1 N–H and O–H groups in total. The summed E-state index contributed by atoms with van der Waals surface area (Å²) in [4.78, 5) is 12.0. The van der Waals surface area contributed by atoms with Crippen molar-refractivity contribution < 1.29 is 17.9 Å². The number of rotatable bonds is 4. The van der Waals surface area contributed by atoms with Gasteiger partial charge in [-0.15, -0.1) is 11.3 Å². The van der Waals surface area contributed by atoms with Gasteiger partial charge in [0.05, 0.1) is 0 Å². The number of sulfonamides is 1. The van der Waals surface area contributed by atoms with Crippen molar-refractivity contribution in [1.82, 2.24) is 4.72 Å². The van der Waals surface area contributed by atoms with Gasteiger partial charge in [0.25, 0.3) is 10.0 Å². The number of carbonyl (C=O) groups excluding carboxylic acids is 1. The molecule has 0 spiro atoms. The van der Waals surface area contributed by atoms with Gasteiger partial charge in [0, 0.05) is 0 Å². The van der Waals surface area contributed by atoms with E-state index in [-0.39, 0.29) is 9.09 Å². The van der Waals surface area contributed by atoms with Crippen molar-refractivity contribution in [1.29, 1.82) is 5.26 Å². The van der Waals surface area contributed by atoms with E-state index in [0.717, 1.165) is 11.3 Å². The Labute approximate surface area is 122 Å². The lowest BCUT2D eigenvalue weighted by Gasteiger charge is -2.22. The van der Waals surface area contributed by atoms with Crippen molar-refractivity contribution in [3.8, 4) is 6.07 Å². The Bertz CT molecular complexity index is 635. The summed E-state index contributed by atoms with van der Waals surface area (Å²) in [5.74, 6) is -0.655. The first kappa shape index (κ1) is 16.6. The lowest BCUT2D eigenvalue weighted by atomic mass is 10.2. The molecule has 1 atom stereocenters. The molecule has 110 valence electrons. The number of ether oxygens (including phenoxy) is 1. The molecule has 0 fully saturated rings. The average molecular weight is 316 g/mol. The van der Waals surface area contributed by atoms with Crippen molar-refractivity contribution in [3.63, 3.8) is 0 Å². The van der Waals surface area contributed by atoms with Crippen molar-refractivity contribution >= 4 is 27.3 Å². The first-order chi connectivity index (χ1) is 9.05. The minimum absolute atomic E-state index is 0.00976. The number of nitrogens with zero attached hydrogens (tertiary/aromatic N) is 1. The summed E-state index contributed by atoms with van der Waals surface area (Å²) in [6.45, 7) is 6.50. The fraction of sp³-hybridized carbons (Fsp3) is 0.500. The number of carbonyl (C=O) groups is 1. The van der Waals surface area contributed by atoms with Gasteiger partial charge in [0.15, 0.2) is 0 Å². The van der Waals surface area contributed by atoms with E-state index in [1.165, 1.54) is 19.1 Å². The van der Waals surface area contributed by atoms with Crippen molar-refractivity contribution in [2.24, 2.45) is 0 Å². The molecular formula is C12H16N2O4S2. The third kappa shape index (κ3) is 4.59. The van der Waals surface area contributed by atoms with Gasteiger partial charge in [-0.3, -0.25) is 4.79 Å². The highest BCUT2D eigenvalue weighted by Crippen LogP contribution is 2.21. The summed E-state index contributed by atoms with van der Waals surface area (Å²) >= 11 is 0.843. The maximum atomic E-state index is 12.0. The molecule has 1 rings (SSSR count). The average Bonchev–Trinajstić information content (AvgIpc) is 2.75. The minimum atomic E-state index is -3.83. The van der Waals surface area contributed by atoms with Gasteiger partial charge in [0.2, 0.25) is 0 Å². The SMILES string of the molecule is C[C@@H](NS(=O)(=O)c1ccc(C#N)s1)C(=O)OC(C)(C)C. The Morgan fingerprint density at radius 2 is 2.05 bits per heavy atom. The lowest BCUT2D eigenvalue weighted by Crippen LogP contribution is -2.41. The third-order valence-electron chi connectivity index (χ3n) is 2.05. The van der Waals surface area contributed by atoms with E-state index < -0.39 is 27.6 Å². The van der Waals surface area contributed by atoms with Crippen molar-refractivity contribution in [3.05, 3.63) is 17.0 Å². The van der Waals surface area contributed by atoms with Crippen LogP contribution in [0.5, 0.6) is 0 Å². The van der Waals surface area contributed by atoms with Crippen LogP contribution in [0.2, 0.25) is 0 Å². The van der Waals surface area contributed by atoms with Gasteiger partial charge >= 0.3 is 5.97 Å². The molecule has 1 heterocycles. The highest BCUT2D eigenvalue weighted by Gasteiger charge is 2.27. The molecule has 0 bridgehead atoms. The zero-order chi connectivity index (χ0) is 15.6. The zero-order valence-electron chi connectivity index (χ0n) is 11.6. The normalized spacial score (nSPS) is 13.6. The monoisotopic (exact) mass is 316 g/mol. The van der Waals surface area contributed by atoms with Gasteiger partial charge in [-0.2, -0.15) is 9.98 Å². The number of nitrogens with one attached hydrogen (secondary N) is 1. The number of hydrogen-bond acceptors (Lipinski definition) is 6. The van der Waals surface area contributed by atoms with Crippen LogP contribution >= 0.6 is 11.3 Å². The molecule has 8 heteroatoms. The lowest BCUT2D eigenvalue weighted by molar-refractivity contribution is -0.156. The molecule has 20 heavy (non-hydrogen) atoms. The largest absolute Gasteiger partial charge is 0.459 e. The molecule has 0 aliphatic heterocycles. The van der Waals surface area contributed by atoms with E-state index in [2.05, 4.69) is 4.72 Å². The Kier molecular flexibility index (Phi) is 4.91. The number of nitriles is 1. The van der Waals surface area contributed by atoms with Crippen LogP contribution in [-0.4, -0.2) is 26.0 Å². The fourth-order valence-electron chi connectivity index (χ4n) is 1.25. The molecule has 0 amide bonds. The maximum Gasteiger partial charge on any atom is 0.324 e. The second kappa shape index (κ2) is 5.91. The Morgan fingerprint density at radius 1 is 1.45 bits per heavy atom. The van der Waals surface area contributed by atoms with Crippen molar-refractivity contribution in [2.75, 3.05) is 0 Å². The molecule has 1 aromatic rings. The summed E-state index contributed by atoms with van der Waals surface area (Å²) in [6.07, 6.45) is 0. The molecule has 1 aromatic heterocycles. The Hall–Kier alpha value is -1.43. The van der Waals surface area contributed by atoms with E-state index in [9.17, 15) is 13.2 Å². The van der Waals surface area contributed by atoms with Crippen LogP contribution < -0.4 is 4.72 Å². The molecule has 6 nitrogen and oxygen atoms in total. The predicted molar refractivity (Wildman–Crippen MR) is 74.7 cm³/mol. The molecule has 0 aliphatic carbocycles. The van der Waals surface area contributed by atoms with Crippen LogP contribution in [0.3, 0.4) is 0 Å². The van der Waals surface area contributed by atoms with Gasteiger partial charge in [-0.25, -0.2) is 8.42 Å². The second-order valence-corrected chi connectivity index (χ2v) is 8.13. The van der Waals surface area contributed by atoms with E-state index in [1.54, 1.807) is 20.8 Å². The fourth-order valence-corrected chi connectivity index (χ4v) is 3.57. The predicted octanol–water partition coefficient (Wildman–Crippen LogP) is 1.63. The van der Waals surface area contributed by atoms with Crippen LogP contribution in [0.25, 0.3) is 0 Å². The minimum Gasteiger partial charge on any atom is -0.459 e. The third-order valence-corrected chi connectivity index (χ3v) is 5.07. The summed E-state index contributed by atoms with van der Waals surface area (Å²) in [6, 6.07) is 3.59. The topological polar surface area (TPSA) is 96.3 Å². The number of esters is 1. The summed E-state index contributed by atoms with van der Waals surface area (Å²) < 4.78 is 31.4. The number of thiophene rings is 1. The number of hydrogen-bond donors (Lipinski definition) is 1. The van der Waals surface area contributed by atoms with Gasteiger partial charge in [-0.1, -0.05) is 0 Å². The van der Waals surface area contributed by atoms with Gasteiger partial charge < -0.3 is 4.74 Å². The standard InChI is InChI=1S/C12H16N2O4S2/c1-8(11(15)18-12(2,3)4)14-20(16,17)10-6-5-9(7-13)19-10/h5-6,8,14H,1-4H3/t8-/m1/s1. The van der Waals surface area contributed by atoms with E-state index in [4.69, 9.17) is 10.00 Å². The summed E-state index contributed by atoms with van der Waals surface area (Å²) in [5, 5.41) is 8.69. The summed E-state index contributed by atoms with van der Waals surface area (Å²) in [7, 11) is -3.83. The van der Waals surface area contributed by atoms with Crippen LogP contribution in [0.4, 0.5) is 0 Å². The second-order valence-electron chi connectivity index (χ2n) is 5.11. The Morgan fingerprint density at radius 3 is 2.50 bits per heavy atom. The molecule has 0 radical (unpaired) electrons. The zero-order valence-corrected chi connectivity index (χ0v) is 13.3. The molecular weight excluding hydrogens is 300 g/mol. The van der Waals surface area contributed by atoms with Crippen LogP contribution in [0.1, 0.15) is 32.6 Å². The van der Waals surface area contributed by atoms with E-state index in [0.29, 0.717) is 0 Å². The van der Waals surface area contributed by atoms with Gasteiger partial charge in [-0.05, 0) is 39.8 Å². The summed E-state index contributed by atoms with van der Waals surface area (Å²) in [5.41, 5.74) is -0.687. The van der Waals surface area contributed by atoms with Crippen LogP contribution in [0.15, 0.2) is 16.3 Å². The highest BCUT2D eigenvalue weighted by atomic mass is 32.2.